The van der Waals surface area contributed by atoms with Crippen molar-refractivity contribution in [3.8, 4) is 0 Å². The van der Waals surface area contributed by atoms with Crippen molar-refractivity contribution in [1.82, 2.24) is 10.3 Å². The van der Waals surface area contributed by atoms with E-state index in [-0.39, 0.29) is 5.41 Å². The summed E-state index contributed by atoms with van der Waals surface area (Å²) in [6.07, 6.45) is 0. The molecule has 2 heteroatoms. The van der Waals surface area contributed by atoms with Gasteiger partial charge in [0.25, 0.3) is 0 Å². The summed E-state index contributed by atoms with van der Waals surface area (Å²) in [6.45, 7) is 17.5. The van der Waals surface area contributed by atoms with E-state index >= 15 is 0 Å². The van der Waals surface area contributed by atoms with Crippen molar-refractivity contribution in [2.24, 2.45) is 5.92 Å². The van der Waals surface area contributed by atoms with E-state index in [1.807, 2.05) is 0 Å². The molecule has 0 aliphatic heterocycles. The Hall–Kier alpha value is -1.41. The molecule has 0 fully saturated rings. The van der Waals surface area contributed by atoms with Crippen molar-refractivity contribution in [3.63, 3.8) is 0 Å². The first kappa shape index (κ1) is 17.0. The zero-order valence-corrected chi connectivity index (χ0v) is 15.2. The van der Waals surface area contributed by atoms with Crippen LogP contribution in [0.15, 0.2) is 18.2 Å². The van der Waals surface area contributed by atoms with Crippen molar-refractivity contribution in [2.45, 2.75) is 60.4 Å². The Morgan fingerprint density at radius 3 is 2.27 bits per heavy atom. The number of rotatable bonds is 4. The quantitative estimate of drug-likeness (QED) is 0.869. The van der Waals surface area contributed by atoms with Crippen LogP contribution in [0.4, 0.5) is 0 Å². The molecule has 2 nitrogen and oxygen atoms in total. The Bertz CT molecular complexity index is 663. The van der Waals surface area contributed by atoms with E-state index in [0.29, 0.717) is 5.92 Å². The Balaban J connectivity index is 2.52. The van der Waals surface area contributed by atoms with Gasteiger partial charge in [0.1, 0.15) is 0 Å². The van der Waals surface area contributed by atoms with E-state index in [1.54, 1.807) is 0 Å². The van der Waals surface area contributed by atoms with Gasteiger partial charge in [-0.25, -0.2) is 0 Å². The number of benzene rings is 1. The first-order valence-electron chi connectivity index (χ1n) is 8.30. The van der Waals surface area contributed by atoms with Gasteiger partial charge in [-0.05, 0) is 61.2 Å². The minimum atomic E-state index is 0.0692. The van der Waals surface area contributed by atoms with E-state index in [9.17, 15) is 0 Å². The Morgan fingerprint density at radius 2 is 1.68 bits per heavy atom. The predicted molar refractivity (Wildman–Crippen MR) is 96.5 cm³/mol. The summed E-state index contributed by atoms with van der Waals surface area (Å²) in [5.41, 5.74) is 6.37. The van der Waals surface area contributed by atoms with Crippen LogP contribution in [0, 0.1) is 19.8 Å². The molecular weight excluding hydrogens is 268 g/mol. The molecule has 0 amide bonds. The molecule has 0 saturated heterocycles. The number of nitrogens with zero attached hydrogens (tertiary/aromatic N) is 1. The molecule has 22 heavy (non-hydrogen) atoms. The van der Waals surface area contributed by atoms with Crippen LogP contribution in [0.2, 0.25) is 0 Å². The summed E-state index contributed by atoms with van der Waals surface area (Å²) >= 11 is 0. The number of aromatic nitrogens is 1. The molecule has 0 bridgehead atoms. The Kier molecular flexibility index (Phi) is 4.91. The van der Waals surface area contributed by atoms with Crippen molar-refractivity contribution in [3.05, 3.63) is 40.6 Å². The lowest BCUT2D eigenvalue weighted by molar-refractivity contribution is 0.548. The van der Waals surface area contributed by atoms with Crippen LogP contribution in [0.25, 0.3) is 10.9 Å². The van der Waals surface area contributed by atoms with Gasteiger partial charge in [-0.15, -0.1) is 0 Å². The normalized spacial score (nSPS) is 12.4. The van der Waals surface area contributed by atoms with Crippen LogP contribution >= 0.6 is 0 Å². The fraction of sp³-hybridized carbons (Fsp3) is 0.550. The number of fused-ring (bicyclic) bond motifs is 1. The molecule has 1 aromatic heterocycles. The van der Waals surface area contributed by atoms with Crippen LogP contribution in [-0.4, -0.2) is 11.5 Å². The van der Waals surface area contributed by atoms with Crippen molar-refractivity contribution in [2.75, 3.05) is 6.54 Å². The number of hydrogen-bond acceptors (Lipinski definition) is 2. The fourth-order valence-electron chi connectivity index (χ4n) is 2.58. The van der Waals surface area contributed by atoms with Crippen molar-refractivity contribution >= 4 is 10.9 Å². The molecular formula is C20H30N2. The maximum absolute atomic E-state index is 4.92. The minimum absolute atomic E-state index is 0.0692. The first-order chi connectivity index (χ1) is 10.2. The molecule has 2 aromatic rings. The zero-order chi connectivity index (χ0) is 16.5. The summed E-state index contributed by atoms with van der Waals surface area (Å²) in [7, 11) is 0. The SMILES string of the molecule is Cc1cc2nc(C(C)(C)C)cc(CNCC(C)C)c2cc1C. The van der Waals surface area contributed by atoms with Gasteiger partial charge in [0.15, 0.2) is 0 Å². The van der Waals surface area contributed by atoms with Gasteiger partial charge >= 0.3 is 0 Å². The van der Waals surface area contributed by atoms with E-state index in [2.05, 4.69) is 72.0 Å². The predicted octanol–water partition coefficient (Wildman–Crippen LogP) is 4.89. The highest BCUT2D eigenvalue weighted by Crippen LogP contribution is 2.28. The standard InChI is InChI=1S/C20H30N2/c1-13(2)11-21-12-16-10-19(20(5,6)7)22-18-9-15(4)14(3)8-17(16)18/h8-10,13,21H,11-12H2,1-7H3. The molecule has 1 N–H and O–H groups in total. The highest BCUT2D eigenvalue weighted by molar-refractivity contribution is 5.84. The van der Waals surface area contributed by atoms with Crippen molar-refractivity contribution < 1.29 is 0 Å². The fourth-order valence-corrected chi connectivity index (χ4v) is 2.58. The summed E-state index contributed by atoms with van der Waals surface area (Å²) in [6, 6.07) is 6.80. The summed E-state index contributed by atoms with van der Waals surface area (Å²) < 4.78 is 0. The van der Waals surface area contributed by atoms with E-state index in [1.165, 1.54) is 27.8 Å². The van der Waals surface area contributed by atoms with Crippen LogP contribution in [0.1, 0.15) is 57.0 Å². The minimum Gasteiger partial charge on any atom is -0.312 e. The second-order valence-corrected chi connectivity index (χ2v) is 7.89. The average Bonchev–Trinajstić information content (AvgIpc) is 2.38. The van der Waals surface area contributed by atoms with Crippen molar-refractivity contribution in [1.29, 1.82) is 0 Å². The lowest BCUT2D eigenvalue weighted by Gasteiger charge is -2.21. The van der Waals surface area contributed by atoms with Gasteiger partial charge in [-0.3, -0.25) is 4.98 Å². The average molecular weight is 298 g/mol. The topological polar surface area (TPSA) is 24.9 Å². The third-order valence-corrected chi connectivity index (χ3v) is 4.15. The zero-order valence-electron chi connectivity index (χ0n) is 15.2. The smallest absolute Gasteiger partial charge is 0.0711 e. The summed E-state index contributed by atoms with van der Waals surface area (Å²) in [5, 5.41) is 4.86. The van der Waals surface area contributed by atoms with Crippen LogP contribution in [0.3, 0.4) is 0 Å². The molecule has 120 valence electrons. The molecule has 0 aliphatic rings. The largest absolute Gasteiger partial charge is 0.312 e. The highest BCUT2D eigenvalue weighted by atomic mass is 14.9. The van der Waals surface area contributed by atoms with Gasteiger partial charge in [0.2, 0.25) is 0 Å². The molecule has 2 rings (SSSR count). The van der Waals surface area contributed by atoms with Crippen LogP contribution < -0.4 is 5.32 Å². The number of nitrogens with one attached hydrogen (secondary N) is 1. The monoisotopic (exact) mass is 298 g/mol. The Labute approximate surface area is 135 Å². The number of pyridine rings is 1. The highest BCUT2D eigenvalue weighted by Gasteiger charge is 2.18. The third-order valence-electron chi connectivity index (χ3n) is 4.15. The van der Waals surface area contributed by atoms with Gasteiger partial charge in [-0.1, -0.05) is 34.6 Å². The van der Waals surface area contributed by atoms with E-state index in [0.717, 1.165) is 18.6 Å². The van der Waals surface area contributed by atoms with Gasteiger partial charge in [0.05, 0.1) is 5.52 Å². The second kappa shape index (κ2) is 6.37. The molecule has 1 aromatic carbocycles. The second-order valence-electron chi connectivity index (χ2n) is 7.89. The summed E-state index contributed by atoms with van der Waals surface area (Å²) in [4.78, 5) is 4.92. The lowest BCUT2D eigenvalue weighted by atomic mass is 9.89. The molecule has 0 aliphatic carbocycles. The third kappa shape index (κ3) is 3.86. The number of hydrogen-bond donors (Lipinski definition) is 1. The summed E-state index contributed by atoms with van der Waals surface area (Å²) in [5.74, 6) is 0.666. The van der Waals surface area contributed by atoms with Gasteiger partial charge < -0.3 is 5.32 Å². The molecule has 1 heterocycles. The maximum atomic E-state index is 4.92. The van der Waals surface area contributed by atoms with E-state index in [4.69, 9.17) is 4.98 Å². The van der Waals surface area contributed by atoms with Crippen LogP contribution in [-0.2, 0) is 12.0 Å². The first-order valence-corrected chi connectivity index (χ1v) is 8.30. The molecule has 0 spiro atoms. The van der Waals surface area contributed by atoms with E-state index < -0.39 is 0 Å². The maximum Gasteiger partial charge on any atom is 0.0711 e. The van der Waals surface area contributed by atoms with Crippen LogP contribution in [0.5, 0.6) is 0 Å². The Morgan fingerprint density at radius 1 is 1.05 bits per heavy atom. The lowest BCUT2D eigenvalue weighted by Crippen LogP contribution is -2.20. The number of aryl methyl sites for hydroxylation is 2. The molecule has 0 atom stereocenters. The van der Waals surface area contributed by atoms with Gasteiger partial charge in [-0.2, -0.15) is 0 Å². The molecule has 0 saturated carbocycles. The molecule has 0 unspecified atom stereocenters. The molecule has 0 radical (unpaired) electrons. The van der Waals surface area contributed by atoms with Gasteiger partial charge in [0, 0.05) is 23.0 Å².